The molecular formula is C49H31NO2. The van der Waals surface area contributed by atoms with Gasteiger partial charge in [-0.1, -0.05) is 140 Å². The van der Waals surface area contributed by atoms with Crippen LogP contribution in [0.25, 0.3) is 49.7 Å². The summed E-state index contributed by atoms with van der Waals surface area (Å²) in [5.74, 6) is 3.39. The lowest BCUT2D eigenvalue weighted by Gasteiger charge is -2.45. The molecule has 1 atom stereocenters. The molecule has 2 aliphatic heterocycles. The molecule has 0 fully saturated rings. The molecule has 1 unspecified atom stereocenters. The molecule has 0 amide bonds. The Balaban J connectivity index is 1.17. The zero-order valence-electron chi connectivity index (χ0n) is 28.2. The van der Waals surface area contributed by atoms with Crippen LogP contribution in [0.5, 0.6) is 23.0 Å². The maximum absolute atomic E-state index is 6.92. The lowest BCUT2D eigenvalue weighted by atomic mass is 9.62. The Labute approximate surface area is 301 Å². The summed E-state index contributed by atoms with van der Waals surface area (Å²) in [6.07, 6.45) is 0. The standard InChI is InChI=1S/C49H31NO2/c1-3-14-32(15-4-1)33-26-28-40-46(30-33)51-44-24-11-8-20-38(44)49(40)39-21-9-12-25-45(39)52-47-31-34(27-29-41(47)49)36-19-13-23-43-48(36)37-18-7-10-22-42(37)50(43)35-16-5-2-6-17-35/h1-31H. The number of benzene rings is 8. The van der Waals surface area contributed by atoms with Crippen LogP contribution in [0.1, 0.15) is 22.3 Å². The Kier molecular flexibility index (Phi) is 6.17. The molecule has 0 saturated heterocycles. The highest BCUT2D eigenvalue weighted by Crippen LogP contribution is 2.62. The van der Waals surface area contributed by atoms with Crippen LogP contribution < -0.4 is 9.47 Å². The van der Waals surface area contributed by atoms with Crippen LogP contribution in [0.3, 0.4) is 0 Å². The van der Waals surface area contributed by atoms with Crippen LogP contribution in [0.4, 0.5) is 0 Å². The third kappa shape index (κ3) is 4.02. The largest absolute Gasteiger partial charge is 0.457 e. The van der Waals surface area contributed by atoms with Gasteiger partial charge in [-0.15, -0.1) is 0 Å². The Morgan fingerprint density at radius 2 is 0.904 bits per heavy atom. The van der Waals surface area contributed by atoms with E-state index in [0.29, 0.717) is 0 Å². The Bertz CT molecular complexity index is 2840. The first-order chi connectivity index (χ1) is 25.8. The molecule has 8 aromatic carbocycles. The fraction of sp³-hybridized carbons (Fsp3) is 0.0204. The van der Waals surface area contributed by atoms with Gasteiger partial charge in [0, 0.05) is 38.7 Å². The van der Waals surface area contributed by atoms with Crippen molar-refractivity contribution in [3.8, 4) is 50.9 Å². The summed E-state index contributed by atoms with van der Waals surface area (Å²) in [5, 5.41) is 2.45. The van der Waals surface area contributed by atoms with Crippen molar-refractivity contribution in [2.24, 2.45) is 0 Å². The van der Waals surface area contributed by atoms with Crippen LogP contribution in [-0.4, -0.2) is 4.57 Å². The molecule has 0 aliphatic carbocycles. The minimum Gasteiger partial charge on any atom is -0.457 e. The molecule has 1 aromatic heterocycles. The lowest BCUT2D eigenvalue weighted by Crippen LogP contribution is -2.36. The fourth-order valence-corrected chi connectivity index (χ4v) is 8.76. The van der Waals surface area contributed by atoms with Crippen molar-refractivity contribution in [1.82, 2.24) is 4.57 Å². The summed E-state index contributed by atoms with van der Waals surface area (Å²) in [5.41, 5.74) is 11.8. The lowest BCUT2D eigenvalue weighted by molar-refractivity contribution is 0.399. The van der Waals surface area contributed by atoms with Gasteiger partial charge in [-0.2, -0.15) is 0 Å². The van der Waals surface area contributed by atoms with Crippen molar-refractivity contribution < 1.29 is 9.47 Å². The summed E-state index contributed by atoms with van der Waals surface area (Å²) < 4.78 is 16.1. The van der Waals surface area contributed by atoms with Gasteiger partial charge in [0.2, 0.25) is 0 Å². The van der Waals surface area contributed by atoms with Gasteiger partial charge in [-0.25, -0.2) is 0 Å². The average Bonchev–Trinajstić information content (AvgIpc) is 3.56. The summed E-state index contributed by atoms with van der Waals surface area (Å²) in [4.78, 5) is 0. The molecule has 0 bridgehead atoms. The van der Waals surface area contributed by atoms with E-state index >= 15 is 0 Å². The molecule has 3 heteroatoms. The number of aromatic nitrogens is 1. The molecule has 0 radical (unpaired) electrons. The van der Waals surface area contributed by atoms with Crippen molar-refractivity contribution in [2.45, 2.75) is 5.41 Å². The van der Waals surface area contributed by atoms with Crippen molar-refractivity contribution in [2.75, 3.05) is 0 Å². The SMILES string of the molecule is c1ccc(-c2ccc3c(c2)Oc2ccccc2C32c3ccccc3Oc3cc(-c4cccc5c4c4ccccc4n5-c4ccccc4)ccc32)cc1. The monoisotopic (exact) mass is 665 g/mol. The predicted octanol–water partition coefficient (Wildman–Crippen LogP) is 12.7. The number of rotatable bonds is 3. The number of fused-ring (bicyclic) bond motifs is 11. The first-order valence-corrected chi connectivity index (χ1v) is 17.8. The van der Waals surface area contributed by atoms with Crippen LogP contribution in [0.15, 0.2) is 188 Å². The number of para-hydroxylation sites is 4. The molecule has 52 heavy (non-hydrogen) atoms. The van der Waals surface area contributed by atoms with E-state index < -0.39 is 5.41 Å². The van der Waals surface area contributed by atoms with E-state index in [1.165, 1.54) is 27.4 Å². The summed E-state index contributed by atoms with van der Waals surface area (Å²) in [7, 11) is 0. The van der Waals surface area contributed by atoms with Gasteiger partial charge in [0.05, 0.1) is 16.4 Å². The van der Waals surface area contributed by atoms with Crippen molar-refractivity contribution >= 4 is 21.8 Å². The Morgan fingerprint density at radius 1 is 0.365 bits per heavy atom. The zero-order valence-corrected chi connectivity index (χ0v) is 28.2. The number of nitrogens with zero attached hydrogens (tertiary/aromatic N) is 1. The Hall–Kier alpha value is -6.84. The molecule has 2 aliphatic rings. The van der Waals surface area contributed by atoms with E-state index in [4.69, 9.17) is 9.47 Å². The van der Waals surface area contributed by atoms with E-state index in [1.54, 1.807) is 0 Å². The number of ether oxygens (including phenoxy) is 2. The first-order valence-electron chi connectivity index (χ1n) is 17.8. The highest BCUT2D eigenvalue weighted by Gasteiger charge is 2.50. The normalized spacial score (nSPS) is 15.3. The van der Waals surface area contributed by atoms with Gasteiger partial charge in [0.15, 0.2) is 0 Å². The van der Waals surface area contributed by atoms with Crippen molar-refractivity contribution in [3.63, 3.8) is 0 Å². The van der Waals surface area contributed by atoms with Crippen molar-refractivity contribution in [1.29, 1.82) is 0 Å². The van der Waals surface area contributed by atoms with Gasteiger partial charge >= 0.3 is 0 Å². The molecule has 0 N–H and O–H groups in total. The van der Waals surface area contributed by atoms with E-state index in [9.17, 15) is 0 Å². The maximum Gasteiger partial charge on any atom is 0.132 e. The number of hydrogen-bond donors (Lipinski definition) is 0. The smallest absolute Gasteiger partial charge is 0.132 e. The van der Waals surface area contributed by atoms with Gasteiger partial charge in [0.1, 0.15) is 23.0 Å². The highest BCUT2D eigenvalue weighted by atomic mass is 16.5. The number of hydrogen-bond acceptors (Lipinski definition) is 2. The van der Waals surface area contributed by atoms with Gasteiger partial charge in [-0.05, 0) is 70.8 Å². The molecule has 1 spiro atoms. The average molecular weight is 666 g/mol. The van der Waals surface area contributed by atoms with E-state index in [0.717, 1.165) is 67.6 Å². The van der Waals surface area contributed by atoms with Crippen molar-refractivity contribution in [3.05, 3.63) is 210 Å². The molecule has 3 heterocycles. The predicted molar refractivity (Wildman–Crippen MR) is 210 cm³/mol. The molecule has 0 saturated carbocycles. The summed E-state index contributed by atoms with van der Waals surface area (Å²) in [6, 6.07) is 66.9. The highest BCUT2D eigenvalue weighted by molar-refractivity contribution is 6.15. The van der Waals surface area contributed by atoms with Gasteiger partial charge in [0.25, 0.3) is 0 Å². The molecule has 244 valence electrons. The first kappa shape index (κ1) is 28.9. The molecular weight excluding hydrogens is 635 g/mol. The summed E-state index contributed by atoms with van der Waals surface area (Å²) >= 11 is 0. The second kappa shape index (κ2) is 11.1. The van der Waals surface area contributed by atoms with Crippen LogP contribution in [0, 0.1) is 0 Å². The second-order valence-electron chi connectivity index (χ2n) is 13.6. The summed E-state index contributed by atoms with van der Waals surface area (Å²) in [6.45, 7) is 0. The fourth-order valence-electron chi connectivity index (χ4n) is 8.76. The quantitative estimate of drug-likeness (QED) is 0.187. The topological polar surface area (TPSA) is 23.4 Å². The van der Waals surface area contributed by atoms with Gasteiger partial charge in [-0.3, -0.25) is 0 Å². The van der Waals surface area contributed by atoms with Crippen LogP contribution in [0.2, 0.25) is 0 Å². The minimum atomic E-state index is -0.655. The zero-order chi connectivity index (χ0) is 34.2. The van der Waals surface area contributed by atoms with Gasteiger partial charge < -0.3 is 14.0 Å². The maximum atomic E-state index is 6.92. The van der Waals surface area contributed by atoms with E-state index in [1.807, 2.05) is 0 Å². The van der Waals surface area contributed by atoms with E-state index in [2.05, 4.69) is 193 Å². The molecule has 9 aromatic rings. The minimum absolute atomic E-state index is 0.655. The molecule has 3 nitrogen and oxygen atoms in total. The second-order valence-corrected chi connectivity index (χ2v) is 13.6. The third-order valence-corrected chi connectivity index (χ3v) is 10.9. The Morgan fingerprint density at radius 3 is 1.62 bits per heavy atom. The van der Waals surface area contributed by atoms with E-state index in [-0.39, 0.29) is 0 Å². The van der Waals surface area contributed by atoms with Crippen LogP contribution in [-0.2, 0) is 5.41 Å². The van der Waals surface area contributed by atoms with Crippen LogP contribution >= 0.6 is 0 Å². The molecule has 11 rings (SSSR count). The third-order valence-electron chi connectivity index (χ3n) is 10.9.